The molecule has 0 saturated carbocycles. The highest BCUT2D eigenvalue weighted by atomic mass is 16.2. The summed E-state index contributed by atoms with van der Waals surface area (Å²) in [5, 5.41) is 6.18. The van der Waals surface area contributed by atoms with Crippen molar-refractivity contribution in [3.63, 3.8) is 0 Å². The van der Waals surface area contributed by atoms with Crippen molar-refractivity contribution in [2.75, 3.05) is 36.1 Å². The molecule has 0 fully saturated rings. The average molecular weight is 387 g/mol. The van der Waals surface area contributed by atoms with Crippen LogP contribution in [-0.2, 0) is 6.42 Å². The summed E-state index contributed by atoms with van der Waals surface area (Å²) in [6.07, 6.45) is 0.677. The molecule has 6 nitrogen and oxygen atoms in total. The standard InChI is InChI=1S/C23H25N5O/c1-3-28-22-20(16-11-7-8-12-17(16)27-23(28)29)19(15-9-5-4-6-10-15)21(24)18(26-22)13-14-25-2/h4-12,25H,3,13-14,24H2,1-2H3,(H,27,29). The van der Waals surface area contributed by atoms with E-state index >= 15 is 0 Å². The molecule has 148 valence electrons. The van der Waals surface area contributed by atoms with Gasteiger partial charge in [0, 0.05) is 36.2 Å². The van der Waals surface area contributed by atoms with E-state index in [1.165, 1.54) is 0 Å². The Labute approximate surface area is 170 Å². The van der Waals surface area contributed by atoms with Gasteiger partial charge in [0.05, 0.1) is 17.1 Å². The first-order chi connectivity index (χ1) is 14.2. The van der Waals surface area contributed by atoms with Crippen LogP contribution in [0.3, 0.4) is 0 Å². The van der Waals surface area contributed by atoms with Gasteiger partial charge in [-0.3, -0.25) is 4.90 Å². The van der Waals surface area contributed by atoms with Gasteiger partial charge in [0.1, 0.15) is 5.82 Å². The van der Waals surface area contributed by atoms with Crippen molar-refractivity contribution < 1.29 is 4.79 Å². The number of likely N-dealkylation sites (N-methyl/N-ethyl adjacent to an activating group) is 1. The first-order valence-electron chi connectivity index (χ1n) is 9.86. The molecule has 0 radical (unpaired) electrons. The molecule has 6 heteroatoms. The summed E-state index contributed by atoms with van der Waals surface area (Å²) in [5.41, 5.74) is 12.6. The fourth-order valence-corrected chi connectivity index (χ4v) is 3.81. The summed E-state index contributed by atoms with van der Waals surface area (Å²) in [7, 11) is 1.90. The molecule has 4 N–H and O–H groups in total. The van der Waals surface area contributed by atoms with Gasteiger partial charge < -0.3 is 16.4 Å². The lowest BCUT2D eigenvalue weighted by Crippen LogP contribution is -2.35. The van der Waals surface area contributed by atoms with Crippen molar-refractivity contribution >= 4 is 23.2 Å². The largest absolute Gasteiger partial charge is 0.397 e. The number of carbonyl (C=O) groups excluding carboxylic acids is 1. The predicted molar refractivity (Wildman–Crippen MR) is 119 cm³/mol. The van der Waals surface area contributed by atoms with Crippen LogP contribution < -0.4 is 21.3 Å². The van der Waals surface area contributed by atoms with Gasteiger partial charge in [-0.2, -0.15) is 0 Å². The van der Waals surface area contributed by atoms with Crippen molar-refractivity contribution in [2.24, 2.45) is 0 Å². The Balaban J connectivity index is 2.11. The minimum Gasteiger partial charge on any atom is -0.397 e. The van der Waals surface area contributed by atoms with Crippen LogP contribution in [0.15, 0.2) is 54.6 Å². The number of rotatable bonds is 5. The highest BCUT2D eigenvalue weighted by Crippen LogP contribution is 2.47. The van der Waals surface area contributed by atoms with Crippen LogP contribution in [0.1, 0.15) is 12.6 Å². The fourth-order valence-electron chi connectivity index (χ4n) is 3.81. The Morgan fingerprint density at radius 3 is 2.52 bits per heavy atom. The van der Waals surface area contributed by atoms with Gasteiger partial charge in [-0.15, -0.1) is 0 Å². The van der Waals surface area contributed by atoms with Crippen molar-refractivity contribution in [3.05, 3.63) is 60.3 Å². The minimum absolute atomic E-state index is 0.186. The van der Waals surface area contributed by atoms with Crippen LogP contribution >= 0.6 is 0 Å². The molecular weight excluding hydrogens is 362 g/mol. The Morgan fingerprint density at radius 2 is 1.79 bits per heavy atom. The predicted octanol–water partition coefficient (Wildman–Crippen LogP) is 4.13. The minimum atomic E-state index is -0.186. The van der Waals surface area contributed by atoms with Crippen molar-refractivity contribution in [3.8, 4) is 22.3 Å². The van der Waals surface area contributed by atoms with Gasteiger partial charge >= 0.3 is 6.03 Å². The third-order valence-corrected chi connectivity index (χ3v) is 5.22. The second-order valence-electron chi connectivity index (χ2n) is 6.99. The number of nitrogens with one attached hydrogen (secondary N) is 2. The highest BCUT2D eigenvalue weighted by Gasteiger charge is 2.30. The van der Waals surface area contributed by atoms with Gasteiger partial charge in [-0.25, -0.2) is 9.78 Å². The fraction of sp³-hybridized carbons (Fsp3) is 0.217. The maximum absolute atomic E-state index is 13.0. The maximum atomic E-state index is 13.0. The number of aromatic nitrogens is 1. The van der Waals surface area contributed by atoms with Crippen LogP contribution in [0.5, 0.6) is 0 Å². The number of nitrogen functional groups attached to an aromatic ring is 1. The topological polar surface area (TPSA) is 83.3 Å². The number of nitrogens with zero attached hydrogens (tertiary/aromatic N) is 2. The number of fused-ring (bicyclic) bond motifs is 3. The Hall–Kier alpha value is -3.38. The van der Waals surface area contributed by atoms with Gasteiger partial charge in [-0.1, -0.05) is 48.5 Å². The second kappa shape index (κ2) is 7.93. The summed E-state index contributed by atoms with van der Waals surface area (Å²) in [5.74, 6) is 0.647. The molecule has 0 unspecified atom stereocenters. The van der Waals surface area contributed by atoms with Gasteiger partial charge in [0.25, 0.3) is 0 Å². The molecule has 4 rings (SSSR count). The number of anilines is 3. The molecule has 1 aliphatic heterocycles. The number of para-hydroxylation sites is 1. The lowest BCUT2D eigenvalue weighted by atomic mass is 9.91. The summed E-state index contributed by atoms with van der Waals surface area (Å²) in [6, 6.07) is 17.7. The molecule has 0 spiro atoms. The average Bonchev–Trinajstić information content (AvgIpc) is 2.86. The number of carbonyl (C=O) groups is 1. The van der Waals surface area contributed by atoms with Crippen LogP contribution in [-0.4, -0.2) is 31.2 Å². The van der Waals surface area contributed by atoms with E-state index in [0.717, 1.165) is 40.2 Å². The van der Waals surface area contributed by atoms with E-state index in [2.05, 4.69) is 10.6 Å². The first kappa shape index (κ1) is 19.0. The van der Waals surface area contributed by atoms with Crippen molar-refractivity contribution in [1.29, 1.82) is 0 Å². The maximum Gasteiger partial charge on any atom is 0.327 e. The summed E-state index contributed by atoms with van der Waals surface area (Å²) < 4.78 is 0. The zero-order valence-corrected chi connectivity index (χ0v) is 16.7. The number of nitrogens with two attached hydrogens (primary N) is 1. The van der Waals surface area contributed by atoms with E-state index < -0.39 is 0 Å². The van der Waals surface area contributed by atoms with Crippen LogP contribution in [0.2, 0.25) is 0 Å². The Morgan fingerprint density at radius 1 is 1.07 bits per heavy atom. The zero-order chi connectivity index (χ0) is 20.4. The summed E-state index contributed by atoms with van der Waals surface area (Å²) in [4.78, 5) is 19.5. The molecule has 0 saturated heterocycles. The smallest absolute Gasteiger partial charge is 0.327 e. The number of hydrogen-bond donors (Lipinski definition) is 3. The number of pyridine rings is 1. The molecule has 1 aromatic heterocycles. The molecule has 2 amide bonds. The lowest BCUT2D eigenvalue weighted by molar-refractivity contribution is 0.257. The third kappa shape index (κ3) is 3.32. The Bertz CT molecular complexity index is 1050. The number of hydrogen-bond acceptors (Lipinski definition) is 4. The highest BCUT2D eigenvalue weighted by molar-refractivity contribution is 6.13. The monoisotopic (exact) mass is 387 g/mol. The second-order valence-corrected chi connectivity index (χ2v) is 6.99. The zero-order valence-electron chi connectivity index (χ0n) is 16.7. The van der Waals surface area contributed by atoms with Crippen LogP contribution in [0.25, 0.3) is 22.3 Å². The van der Waals surface area contributed by atoms with E-state index in [4.69, 9.17) is 10.7 Å². The molecule has 0 bridgehead atoms. The molecule has 0 aliphatic carbocycles. The lowest BCUT2D eigenvalue weighted by Gasteiger charge is -2.24. The van der Waals surface area contributed by atoms with Crippen molar-refractivity contribution in [1.82, 2.24) is 10.3 Å². The van der Waals surface area contributed by atoms with Crippen LogP contribution in [0, 0.1) is 0 Å². The Kier molecular flexibility index (Phi) is 5.18. The number of benzene rings is 2. The molecule has 0 atom stereocenters. The molecule has 2 aromatic carbocycles. The summed E-state index contributed by atoms with van der Waals surface area (Å²) >= 11 is 0. The third-order valence-electron chi connectivity index (χ3n) is 5.22. The summed E-state index contributed by atoms with van der Waals surface area (Å²) in [6.45, 7) is 3.20. The quantitative estimate of drug-likeness (QED) is 0.615. The number of urea groups is 1. The SMILES string of the molecule is CCN1C(=O)Nc2ccccc2-c2c1nc(CCNC)c(N)c2-c1ccccc1. The first-order valence-corrected chi connectivity index (χ1v) is 9.86. The van der Waals surface area contributed by atoms with Gasteiger partial charge in [-0.05, 0) is 25.6 Å². The van der Waals surface area contributed by atoms with E-state index in [-0.39, 0.29) is 6.03 Å². The normalized spacial score (nSPS) is 12.8. The van der Waals surface area contributed by atoms with Gasteiger partial charge in [0.2, 0.25) is 0 Å². The van der Waals surface area contributed by atoms with Crippen molar-refractivity contribution in [2.45, 2.75) is 13.3 Å². The molecule has 3 aromatic rings. The number of amides is 2. The molecule has 29 heavy (non-hydrogen) atoms. The molecular formula is C23H25N5O. The van der Waals surface area contributed by atoms with E-state index in [9.17, 15) is 4.79 Å². The van der Waals surface area contributed by atoms with E-state index in [1.807, 2.05) is 68.6 Å². The van der Waals surface area contributed by atoms with E-state index in [0.29, 0.717) is 24.5 Å². The molecule has 2 heterocycles. The van der Waals surface area contributed by atoms with E-state index in [1.54, 1.807) is 4.90 Å². The van der Waals surface area contributed by atoms with Gasteiger partial charge in [0.15, 0.2) is 0 Å². The molecule has 1 aliphatic rings. The van der Waals surface area contributed by atoms with Crippen LogP contribution in [0.4, 0.5) is 22.0 Å².